The number of aryl methyl sites for hydroxylation is 1. The van der Waals surface area contributed by atoms with Gasteiger partial charge in [0.05, 0.1) is 12.8 Å². The number of thiazole rings is 1. The molecule has 0 atom stereocenters. The van der Waals surface area contributed by atoms with Gasteiger partial charge in [-0.2, -0.15) is 0 Å². The predicted octanol–water partition coefficient (Wildman–Crippen LogP) is 3.81. The first-order valence-electron chi connectivity index (χ1n) is 5.03. The van der Waals surface area contributed by atoms with E-state index in [2.05, 4.69) is 25.7 Å². The Kier molecular flexibility index (Phi) is 3.77. The molecule has 1 aromatic heterocycles. The summed E-state index contributed by atoms with van der Waals surface area (Å²) in [6.07, 6.45) is 0. The number of hydrogen-bond acceptors (Lipinski definition) is 4. The number of rotatable bonds is 2. The summed E-state index contributed by atoms with van der Waals surface area (Å²) in [5, 5.41) is 0.591. The first kappa shape index (κ1) is 13.2. The largest absolute Gasteiger partial charge is 0.465 e. The molecule has 0 spiro atoms. The average Bonchev–Trinajstić information content (AvgIpc) is 2.69. The Morgan fingerprint density at radius 2 is 2.17 bits per heavy atom. The van der Waals surface area contributed by atoms with E-state index in [9.17, 15) is 9.18 Å². The number of halogens is 2. The van der Waals surface area contributed by atoms with Crippen LogP contribution in [0.2, 0.25) is 0 Å². The van der Waals surface area contributed by atoms with Gasteiger partial charge in [-0.1, -0.05) is 15.9 Å². The van der Waals surface area contributed by atoms with E-state index in [4.69, 9.17) is 0 Å². The minimum Gasteiger partial charge on any atom is -0.465 e. The van der Waals surface area contributed by atoms with Gasteiger partial charge >= 0.3 is 5.97 Å². The Hall–Kier alpha value is -1.27. The van der Waals surface area contributed by atoms with E-state index in [-0.39, 0.29) is 5.82 Å². The molecule has 3 nitrogen and oxygen atoms in total. The number of carbonyl (C=O) groups excluding carboxylic acids is 1. The van der Waals surface area contributed by atoms with Crippen molar-refractivity contribution in [3.8, 4) is 10.6 Å². The van der Waals surface area contributed by atoms with E-state index in [1.165, 1.54) is 30.6 Å². The quantitative estimate of drug-likeness (QED) is 0.786. The van der Waals surface area contributed by atoms with E-state index in [0.717, 1.165) is 0 Å². The van der Waals surface area contributed by atoms with Crippen LogP contribution in [-0.4, -0.2) is 18.1 Å². The molecule has 18 heavy (non-hydrogen) atoms. The van der Waals surface area contributed by atoms with Gasteiger partial charge < -0.3 is 4.74 Å². The molecule has 2 aromatic rings. The lowest BCUT2D eigenvalue weighted by molar-refractivity contribution is 0.0605. The van der Waals surface area contributed by atoms with Crippen LogP contribution in [0.25, 0.3) is 10.6 Å². The number of carbonyl (C=O) groups is 1. The van der Waals surface area contributed by atoms with Crippen LogP contribution in [0.1, 0.15) is 15.4 Å². The molecule has 0 bridgehead atoms. The molecule has 6 heteroatoms. The van der Waals surface area contributed by atoms with Crippen LogP contribution < -0.4 is 0 Å². The summed E-state index contributed by atoms with van der Waals surface area (Å²) in [7, 11) is 1.32. The zero-order valence-electron chi connectivity index (χ0n) is 9.66. The lowest BCUT2D eigenvalue weighted by Gasteiger charge is -1.98. The molecule has 0 aliphatic heterocycles. The first-order valence-corrected chi connectivity index (χ1v) is 6.64. The lowest BCUT2D eigenvalue weighted by Crippen LogP contribution is -1.99. The minimum absolute atomic E-state index is 0.355. The number of esters is 1. The Morgan fingerprint density at radius 3 is 2.78 bits per heavy atom. The minimum atomic E-state index is -0.424. The van der Waals surface area contributed by atoms with Gasteiger partial charge in [-0.3, -0.25) is 0 Å². The van der Waals surface area contributed by atoms with Crippen LogP contribution in [0.15, 0.2) is 22.7 Å². The van der Waals surface area contributed by atoms with Crippen LogP contribution in [0.3, 0.4) is 0 Å². The van der Waals surface area contributed by atoms with Crippen LogP contribution in [0.4, 0.5) is 4.39 Å². The van der Waals surface area contributed by atoms with Crippen molar-refractivity contribution in [3.05, 3.63) is 39.1 Å². The van der Waals surface area contributed by atoms with Crippen molar-refractivity contribution in [1.29, 1.82) is 0 Å². The SMILES string of the molecule is COC(=O)c1sc(-c2cc(F)cc(Br)c2)nc1C. The molecule has 0 unspecified atom stereocenters. The Bertz CT molecular complexity index is 592. The Morgan fingerprint density at radius 1 is 1.44 bits per heavy atom. The molecule has 0 saturated heterocycles. The molecule has 0 N–H and O–H groups in total. The maximum atomic E-state index is 13.3. The first-order chi connectivity index (χ1) is 8.51. The smallest absolute Gasteiger partial charge is 0.349 e. The van der Waals surface area contributed by atoms with Crippen LogP contribution in [0, 0.1) is 12.7 Å². The average molecular weight is 330 g/mol. The van der Waals surface area contributed by atoms with Gasteiger partial charge in [0.1, 0.15) is 15.7 Å². The number of benzene rings is 1. The van der Waals surface area contributed by atoms with Crippen molar-refractivity contribution in [2.45, 2.75) is 6.92 Å². The van der Waals surface area contributed by atoms with Crippen LogP contribution in [0.5, 0.6) is 0 Å². The zero-order valence-corrected chi connectivity index (χ0v) is 12.1. The summed E-state index contributed by atoms with van der Waals surface area (Å²) in [6, 6.07) is 4.50. The molecular weight excluding hydrogens is 321 g/mol. The van der Waals surface area contributed by atoms with Gasteiger partial charge in [0.2, 0.25) is 0 Å². The third kappa shape index (κ3) is 2.59. The van der Waals surface area contributed by atoms with Gasteiger partial charge in [0.15, 0.2) is 0 Å². The Balaban J connectivity index is 2.48. The van der Waals surface area contributed by atoms with Crippen LogP contribution in [-0.2, 0) is 4.74 Å². The molecule has 94 valence electrons. The fourth-order valence-electron chi connectivity index (χ4n) is 1.48. The highest BCUT2D eigenvalue weighted by Crippen LogP contribution is 2.30. The van der Waals surface area contributed by atoms with Gasteiger partial charge in [-0.05, 0) is 25.1 Å². The van der Waals surface area contributed by atoms with E-state index >= 15 is 0 Å². The van der Waals surface area contributed by atoms with Crippen molar-refractivity contribution in [3.63, 3.8) is 0 Å². The van der Waals surface area contributed by atoms with Gasteiger partial charge in [-0.15, -0.1) is 11.3 Å². The van der Waals surface area contributed by atoms with E-state index in [1.54, 1.807) is 13.0 Å². The van der Waals surface area contributed by atoms with Gasteiger partial charge in [-0.25, -0.2) is 14.2 Å². The number of methoxy groups -OCH3 is 1. The maximum Gasteiger partial charge on any atom is 0.349 e. The summed E-state index contributed by atoms with van der Waals surface area (Å²) < 4.78 is 18.6. The molecule has 0 radical (unpaired) electrons. The summed E-state index contributed by atoms with van der Waals surface area (Å²) in [5.41, 5.74) is 1.22. The van der Waals surface area contributed by atoms with E-state index in [0.29, 0.717) is 25.6 Å². The highest BCUT2D eigenvalue weighted by atomic mass is 79.9. The number of nitrogens with zero attached hydrogens (tertiary/aromatic N) is 1. The third-order valence-electron chi connectivity index (χ3n) is 2.28. The highest BCUT2D eigenvalue weighted by molar-refractivity contribution is 9.10. The molecule has 0 amide bonds. The van der Waals surface area contributed by atoms with Gasteiger partial charge in [0, 0.05) is 10.0 Å². The summed E-state index contributed by atoms with van der Waals surface area (Å²) in [5.74, 6) is -0.779. The van der Waals surface area contributed by atoms with Crippen molar-refractivity contribution in [1.82, 2.24) is 4.98 Å². The second-order valence-corrected chi connectivity index (χ2v) is 5.50. The van der Waals surface area contributed by atoms with Crippen molar-refractivity contribution in [2.24, 2.45) is 0 Å². The molecule has 0 aliphatic rings. The number of ether oxygens (including phenoxy) is 1. The third-order valence-corrected chi connectivity index (χ3v) is 3.92. The predicted molar refractivity (Wildman–Crippen MR) is 71.3 cm³/mol. The highest BCUT2D eigenvalue weighted by Gasteiger charge is 2.17. The van der Waals surface area contributed by atoms with Crippen molar-refractivity contribution < 1.29 is 13.9 Å². The monoisotopic (exact) mass is 329 g/mol. The summed E-state index contributed by atoms with van der Waals surface area (Å²) in [6.45, 7) is 1.72. The second kappa shape index (κ2) is 5.16. The molecular formula is C12H9BrFNO2S. The van der Waals surface area contributed by atoms with Crippen molar-refractivity contribution in [2.75, 3.05) is 7.11 Å². The van der Waals surface area contributed by atoms with Gasteiger partial charge in [0.25, 0.3) is 0 Å². The summed E-state index contributed by atoms with van der Waals surface area (Å²) in [4.78, 5) is 16.2. The molecule has 1 aromatic carbocycles. The zero-order chi connectivity index (χ0) is 13.3. The number of aromatic nitrogens is 1. The molecule has 2 rings (SSSR count). The molecule has 0 aliphatic carbocycles. The summed E-state index contributed by atoms with van der Waals surface area (Å²) >= 11 is 4.41. The fourth-order valence-corrected chi connectivity index (χ4v) is 2.92. The maximum absolute atomic E-state index is 13.3. The standard InChI is InChI=1S/C12H9BrFNO2S/c1-6-10(12(16)17-2)18-11(15-6)7-3-8(13)5-9(14)4-7/h3-5H,1-2H3. The molecule has 0 saturated carbocycles. The number of hydrogen-bond donors (Lipinski definition) is 0. The second-order valence-electron chi connectivity index (χ2n) is 3.58. The van der Waals surface area contributed by atoms with Crippen molar-refractivity contribution >= 4 is 33.2 Å². The van der Waals surface area contributed by atoms with E-state index < -0.39 is 5.97 Å². The molecule has 0 fully saturated rings. The fraction of sp³-hybridized carbons (Fsp3) is 0.167. The normalized spacial score (nSPS) is 10.4. The Labute approximate surface area is 116 Å². The van der Waals surface area contributed by atoms with E-state index in [1.807, 2.05) is 0 Å². The lowest BCUT2D eigenvalue weighted by atomic mass is 10.2. The topological polar surface area (TPSA) is 39.2 Å². The van der Waals surface area contributed by atoms with Crippen LogP contribution >= 0.6 is 27.3 Å². The molecule has 1 heterocycles.